The predicted octanol–water partition coefficient (Wildman–Crippen LogP) is 2.77. The number of rotatable bonds is 5. The van der Waals surface area contributed by atoms with Crippen molar-refractivity contribution in [2.24, 2.45) is 5.73 Å². The van der Waals surface area contributed by atoms with Crippen molar-refractivity contribution in [2.75, 3.05) is 13.6 Å². The fraction of sp³-hybridized carbons (Fsp3) is 1.00. The van der Waals surface area contributed by atoms with E-state index in [1.807, 2.05) is 0 Å². The summed E-state index contributed by atoms with van der Waals surface area (Å²) in [6, 6.07) is 0.790. The van der Waals surface area contributed by atoms with E-state index in [2.05, 4.69) is 25.8 Å². The first-order chi connectivity index (χ1) is 7.05. The van der Waals surface area contributed by atoms with Crippen LogP contribution in [0.15, 0.2) is 0 Å². The Morgan fingerprint density at radius 1 is 1.27 bits per heavy atom. The maximum Gasteiger partial charge on any atom is 0.0254 e. The second-order valence-corrected chi connectivity index (χ2v) is 5.61. The maximum atomic E-state index is 6.29. The van der Waals surface area contributed by atoms with Crippen LogP contribution >= 0.6 is 0 Å². The molecule has 1 fully saturated rings. The summed E-state index contributed by atoms with van der Waals surface area (Å²) in [4.78, 5) is 2.49. The molecule has 1 rings (SSSR count). The van der Waals surface area contributed by atoms with Gasteiger partial charge in [0.1, 0.15) is 0 Å². The van der Waals surface area contributed by atoms with Crippen molar-refractivity contribution in [3.63, 3.8) is 0 Å². The molecule has 0 aliphatic heterocycles. The molecule has 1 atom stereocenters. The monoisotopic (exact) mass is 212 g/mol. The summed E-state index contributed by atoms with van der Waals surface area (Å²) in [5, 5.41) is 0. The van der Waals surface area contributed by atoms with E-state index >= 15 is 0 Å². The third-order valence-electron chi connectivity index (χ3n) is 3.63. The van der Waals surface area contributed by atoms with E-state index in [9.17, 15) is 0 Å². The van der Waals surface area contributed by atoms with Gasteiger partial charge in [-0.05, 0) is 33.2 Å². The molecule has 0 radical (unpaired) electrons. The van der Waals surface area contributed by atoms with Crippen LogP contribution in [-0.2, 0) is 0 Å². The average Bonchev–Trinajstić information content (AvgIpc) is 2.18. The minimum Gasteiger partial charge on any atom is -0.324 e. The number of hydrogen-bond donors (Lipinski definition) is 1. The lowest BCUT2D eigenvalue weighted by molar-refractivity contribution is 0.154. The van der Waals surface area contributed by atoms with Gasteiger partial charge in [0.05, 0.1) is 0 Å². The highest BCUT2D eigenvalue weighted by Crippen LogP contribution is 2.23. The minimum atomic E-state index is 0.000940. The normalized spacial score (nSPS) is 23.0. The van der Waals surface area contributed by atoms with E-state index in [0.717, 1.165) is 19.0 Å². The molecule has 0 aromatic carbocycles. The van der Waals surface area contributed by atoms with Gasteiger partial charge in [0.25, 0.3) is 0 Å². The first-order valence-corrected chi connectivity index (χ1v) is 6.54. The first-order valence-electron chi connectivity index (χ1n) is 6.54. The van der Waals surface area contributed by atoms with Gasteiger partial charge in [-0.25, -0.2) is 0 Å². The number of nitrogens with zero attached hydrogens (tertiary/aromatic N) is 1. The maximum absolute atomic E-state index is 6.29. The third kappa shape index (κ3) is 4.52. The Labute approximate surface area is 95.2 Å². The molecule has 1 aliphatic rings. The summed E-state index contributed by atoms with van der Waals surface area (Å²) < 4.78 is 0. The van der Waals surface area contributed by atoms with Crippen LogP contribution in [0.1, 0.15) is 58.8 Å². The lowest BCUT2D eigenvalue weighted by Crippen LogP contribution is -2.49. The van der Waals surface area contributed by atoms with Gasteiger partial charge in [-0.1, -0.05) is 32.6 Å². The Morgan fingerprint density at radius 3 is 2.40 bits per heavy atom. The molecule has 0 heterocycles. The molecule has 0 aromatic rings. The Hall–Kier alpha value is -0.0800. The van der Waals surface area contributed by atoms with Crippen molar-refractivity contribution in [3.8, 4) is 0 Å². The molecule has 0 amide bonds. The van der Waals surface area contributed by atoms with Crippen LogP contribution in [-0.4, -0.2) is 30.1 Å². The molecule has 15 heavy (non-hydrogen) atoms. The second kappa shape index (κ2) is 5.86. The van der Waals surface area contributed by atoms with Gasteiger partial charge in [0, 0.05) is 18.1 Å². The number of likely N-dealkylation sites (N-methyl/N-ethyl adjacent to an activating group) is 1. The SMILES string of the molecule is CCCC(C)(N)CN(C)C1CCCCC1. The van der Waals surface area contributed by atoms with Crippen molar-refractivity contribution in [2.45, 2.75) is 70.4 Å². The lowest BCUT2D eigenvalue weighted by Gasteiger charge is -2.37. The Morgan fingerprint density at radius 2 is 1.87 bits per heavy atom. The highest BCUT2D eigenvalue weighted by Gasteiger charge is 2.24. The van der Waals surface area contributed by atoms with Gasteiger partial charge in [-0.15, -0.1) is 0 Å². The van der Waals surface area contributed by atoms with Gasteiger partial charge in [-0.2, -0.15) is 0 Å². The minimum absolute atomic E-state index is 0.000940. The van der Waals surface area contributed by atoms with E-state index in [1.165, 1.54) is 38.5 Å². The van der Waals surface area contributed by atoms with Gasteiger partial charge >= 0.3 is 0 Å². The molecule has 0 saturated heterocycles. The number of hydrogen-bond acceptors (Lipinski definition) is 2. The smallest absolute Gasteiger partial charge is 0.0254 e. The van der Waals surface area contributed by atoms with Crippen LogP contribution in [0.25, 0.3) is 0 Å². The van der Waals surface area contributed by atoms with Crippen LogP contribution in [0.4, 0.5) is 0 Å². The standard InChI is InChI=1S/C13H28N2/c1-4-10-13(2,14)11-15(3)12-8-6-5-7-9-12/h12H,4-11,14H2,1-3H3. The summed E-state index contributed by atoms with van der Waals surface area (Å²) >= 11 is 0. The zero-order chi connectivity index (χ0) is 11.3. The van der Waals surface area contributed by atoms with Crippen molar-refractivity contribution in [1.29, 1.82) is 0 Å². The van der Waals surface area contributed by atoms with E-state index in [-0.39, 0.29) is 5.54 Å². The zero-order valence-corrected chi connectivity index (χ0v) is 10.8. The van der Waals surface area contributed by atoms with Crippen LogP contribution in [0.2, 0.25) is 0 Å². The molecule has 2 nitrogen and oxygen atoms in total. The Kier molecular flexibility index (Phi) is 5.07. The molecule has 2 heteroatoms. The van der Waals surface area contributed by atoms with Crippen LogP contribution < -0.4 is 5.73 Å². The second-order valence-electron chi connectivity index (χ2n) is 5.61. The molecule has 90 valence electrons. The molecule has 0 aromatic heterocycles. The van der Waals surface area contributed by atoms with E-state index in [4.69, 9.17) is 5.73 Å². The van der Waals surface area contributed by atoms with Gasteiger partial charge < -0.3 is 10.6 Å². The quantitative estimate of drug-likeness (QED) is 0.759. The molecule has 1 unspecified atom stereocenters. The fourth-order valence-electron chi connectivity index (χ4n) is 2.87. The highest BCUT2D eigenvalue weighted by atomic mass is 15.1. The number of nitrogens with two attached hydrogens (primary N) is 1. The fourth-order valence-corrected chi connectivity index (χ4v) is 2.87. The lowest BCUT2D eigenvalue weighted by atomic mass is 9.91. The molecular formula is C13H28N2. The van der Waals surface area contributed by atoms with Gasteiger partial charge in [-0.3, -0.25) is 0 Å². The average molecular weight is 212 g/mol. The molecule has 0 spiro atoms. The molecule has 0 bridgehead atoms. The molecule has 1 saturated carbocycles. The largest absolute Gasteiger partial charge is 0.324 e. The van der Waals surface area contributed by atoms with Crippen LogP contribution in [0, 0.1) is 0 Å². The van der Waals surface area contributed by atoms with Crippen molar-refractivity contribution in [1.82, 2.24) is 4.90 Å². The Bertz CT molecular complexity index is 171. The van der Waals surface area contributed by atoms with Crippen LogP contribution in [0.5, 0.6) is 0 Å². The summed E-state index contributed by atoms with van der Waals surface area (Å²) in [5.41, 5.74) is 6.29. The van der Waals surface area contributed by atoms with Crippen molar-refractivity contribution < 1.29 is 0 Å². The predicted molar refractivity (Wildman–Crippen MR) is 67.0 cm³/mol. The zero-order valence-electron chi connectivity index (χ0n) is 10.8. The first kappa shape index (κ1) is 13.0. The molecule has 1 aliphatic carbocycles. The highest BCUT2D eigenvalue weighted by molar-refractivity contribution is 4.84. The topological polar surface area (TPSA) is 29.3 Å². The summed E-state index contributed by atoms with van der Waals surface area (Å²) in [7, 11) is 2.25. The van der Waals surface area contributed by atoms with E-state index < -0.39 is 0 Å². The van der Waals surface area contributed by atoms with E-state index in [1.54, 1.807) is 0 Å². The van der Waals surface area contributed by atoms with Gasteiger partial charge in [0.15, 0.2) is 0 Å². The summed E-state index contributed by atoms with van der Waals surface area (Å²) in [6.45, 7) is 5.45. The molecule has 2 N–H and O–H groups in total. The third-order valence-corrected chi connectivity index (χ3v) is 3.63. The van der Waals surface area contributed by atoms with Crippen molar-refractivity contribution in [3.05, 3.63) is 0 Å². The molecular weight excluding hydrogens is 184 g/mol. The van der Waals surface area contributed by atoms with E-state index in [0.29, 0.717) is 0 Å². The van der Waals surface area contributed by atoms with Crippen molar-refractivity contribution >= 4 is 0 Å². The Balaban J connectivity index is 2.35. The van der Waals surface area contributed by atoms with Crippen LogP contribution in [0.3, 0.4) is 0 Å². The summed E-state index contributed by atoms with van der Waals surface area (Å²) in [5.74, 6) is 0. The summed E-state index contributed by atoms with van der Waals surface area (Å²) in [6.07, 6.45) is 9.31. The van der Waals surface area contributed by atoms with Gasteiger partial charge in [0.2, 0.25) is 0 Å².